The number of hydrogen-bond donors (Lipinski definition) is 2. The van der Waals surface area contributed by atoms with Crippen LogP contribution in [0.5, 0.6) is 0 Å². The summed E-state index contributed by atoms with van der Waals surface area (Å²) in [4.78, 5) is 0. The van der Waals surface area contributed by atoms with Crippen molar-refractivity contribution in [1.29, 1.82) is 0 Å². The molecule has 4 heavy (non-hydrogen) atoms. The van der Waals surface area contributed by atoms with E-state index in [0.717, 1.165) is 0 Å². The SMILES string of the molecule is NBCO. The minimum absolute atomic E-state index is 0.0972. The maximum Gasteiger partial charge on any atom is 0.227 e. The van der Waals surface area contributed by atoms with E-state index in [4.69, 9.17) is 10.8 Å². The fraction of sp³-hybridized carbons (Fsp3) is 1.00. The largest absolute Gasteiger partial charge is 0.403 e. The summed E-state index contributed by atoms with van der Waals surface area (Å²) in [7, 11) is 0.375. The van der Waals surface area contributed by atoms with Crippen LogP contribution in [0.15, 0.2) is 0 Å². The number of aliphatic hydroxyl groups excluding tert-OH is 1. The highest BCUT2D eigenvalue weighted by atomic mass is 16.2. The van der Waals surface area contributed by atoms with Crippen molar-refractivity contribution in [3.05, 3.63) is 0 Å². The van der Waals surface area contributed by atoms with Gasteiger partial charge in [0.15, 0.2) is 0 Å². The molecule has 3 heteroatoms. The summed E-state index contributed by atoms with van der Waals surface area (Å²) in [5, 5.41) is 7.75. The van der Waals surface area contributed by atoms with Gasteiger partial charge in [-0.1, -0.05) is 0 Å². The minimum atomic E-state index is 0.0972. The fourth-order valence-electron chi connectivity index (χ4n) is 0. The maximum absolute atomic E-state index is 7.75. The molecule has 0 aliphatic carbocycles. The van der Waals surface area contributed by atoms with Crippen molar-refractivity contribution in [3.63, 3.8) is 0 Å². The highest BCUT2D eigenvalue weighted by Gasteiger charge is 1.63. The van der Waals surface area contributed by atoms with Crippen LogP contribution in [0.4, 0.5) is 0 Å². The van der Waals surface area contributed by atoms with Crippen molar-refractivity contribution in [1.82, 2.24) is 0 Å². The molecule has 0 saturated heterocycles. The molecule has 0 saturated carbocycles. The first-order valence-corrected chi connectivity index (χ1v) is 1.22. The van der Waals surface area contributed by atoms with Crippen LogP contribution in [-0.4, -0.2) is 19.0 Å². The molecule has 0 spiro atoms. The molecule has 0 heterocycles. The molecule has 0 unspecified atom stereocenters. The molecule has 2 nitrogen and oxygen atoms in total. The molecular weight excluding hydrogens is 52.8 g/mol. The van der Waals surface area contributed by atoms with E-state index in [0.29, 0.717) is 7.41 Å². The third-order valence-corrected chi connectivity index (χ3v) is 0.129. The Morgan fingerprint density at radius 1 is 2.00 bits per heavy atom. The second-order valence-corrected chi connectivity index (χ2v) is 0.512. The third kappa shape index (κ3) is 1.98. The predicted molar refractivity (Wildman–Crippen MR) is 18.4 cm³/mol. The molecule has 24 valence electrons. The van der Waals surface area contributed by atoms with E-state index in [1.54, 1.807) is 0 Å². The van der Waals surface area contributed by atoms with Gasteiger partial charge in [-0.05, 0) is 0 Å². The van der Waals surface area contributed by atoms with Gasteiger partial charge >= 0.3 is 0 Å². The summed E-state index contributed by atoms with van der Waals surface area (Å²) in [5.41, 5.74) is 4.78. The van der Waals surface area contributed by atoms with Crippen LogP contribution in [0.3, 0.4) is 0 Å². The summed E-state index contributed by atoms with van der Waals surface area (Å²) < 4.78 is 0. The molecule has 0 rings (SSSR count). The average Bonchev–Trinajstić information content (AvgIpc) is 1.37. The predicted octanol–water partition coefficient (Wildman–Crippen LogP) is -1.75. The van der Waals surface area contributed by atoms with Crippen molar-refractivity contribution < 1.29 is 5.11 Å². The van der Waals surface area contributed by atoms with Gasteiger partial charge in [0, 0.05) is 6.51 Å². The Kier molecular flexibility index (Phi) is 2.97. The Morgan fingerprint density at radius 3 is 2.25 bits per heavy atom. The molecule has 0 amide bonds. The first-order valence-electron chi connectivity index (χ1n) is 1.22. The number of aliphatic hydroxyl groups is 1. The molecular formula is CH6BNO. The second kappa shape index (κ2) is 2.98. The summed E-state index contributed by atoms with van der Waals surface area (Å²) in [6, 6.07) is 0. The molecule has 0 aromatic carbocycles. The monoisotopic (exact) mass is 59.1 g/mol. The smallest absolute Gasteiger partial charge is 0.227 e. The van der Waals surface area contributed by atoms with Crippen LogP contribution in [0.25, 0.3) is 0 Å². The lowest BCUT2D eigenvalue weighted by molar-refractivity contribution is 0.366. The van der Waals surface area contributed by atoms with Gasteiger partial charge in [0.05, 0.1) is 0 Å². The van der Waals surface area contributed by atoms with Crippen molar-refractivity contribution in [3.8, 4) is 0 Å². The van der Waals surface area contributed by atoms with Gasteiger partial charge in [-0.25, -0.2) is 0 Å². The van der Waals surface area contributed by atoms with Crippen LogP contribution in [0, 0.1) is 0 Å². The standard InChI is InChI=1S/CH6BNO/c3-2-1-4/h2,4H,1,3H2. The van der Waals surface area contributed by atoms with Crippen LogP contribution >= 0.6 is 0 Å². The van der Waals surface area contributed by atoms with Gasteiger partial charge in [0.2, 0.25) is 7.41 Å². The molecule has 0 bridgehead atoms. The quantitative estimate of drug-likeness (QED) is 0.352. The molecule has 0 atom stereocenters. The van der Waals surface area contributed by atoms with Crippen LogP contribution in [0.2, 0.25) is 0 Å². The van der Waals surface area contributed by atoms with E-state index in [2.05, 4.69) is 0 Å². The van der Waals surface area contributed by atoms with E-state index in [9.17, 15) is 0 Å². The van der Waals surface area contributed by atoms with E-state index < -0.39 is 0 Å². The zero-order chi connectivity index (χ0) is 3.41. The van der Waals surface area contributed by atoms with Crippen molar-refractivity contribution >= 4 is 7.41 Å². The van der Waals surface area contributed by atoms with Crippen LogP contribution < -0.4 is 5.64 Å². The number of nitrogens with two attached hydrogens (primary N) is 1. The lowest BCUT2D eigenvalue weighted by atomic mass is 10.0. The van der Waals surface area contributed by atoms with Gasteiger partial charge in [-0.15, -0.1) is 0 Å². The Labute approximate surface area is 25.9 Å². The average molecular weight is 58.9 g/mol. The Balaban J connectivity index is 1.97. The highest BCUT2D eigenvalue weighted by molar-refractivity contribution is 6.30. The molecule has 0 fully saturated rings. The topological polar surface area (TPSA) is 46.2 Å². The van der Waals surface area contributed by atoms with Crippen molar-refractivity contribution in [2.75, 3.05) is 6.51 Å². The van der Waals surface area contributed by atoms with E-state index in [1.807, 2.05) is 0 Å². The summed E-state index contributed by atoms with van der Waals surface area (Å²) in [6.45, 7) is 0.0972. The van der Waals surface area contributed by atoms with E-state index >= 15 is 0 Å². The zero-order valence-electron chi connectivity index (χ0n) is 2.44. The maximum atomic E-state index is 7.75. The summed E-state index contributed by atoms with van der Waals surface area (Å²) in [5.74, 6) is 0. The number of rotatable bonds is 1. The Morgan fingerprint density at radius 2 is 2.25 bits per heavy atom. The number of hydrogen-bond acceptors (Lipinski definition) is 2. The molecule has 0 aromatic heterocycles. The van der Waals surface area contributed by atoms with Gasteiger partial charge in [0.1, 0.15) is 0 Å². The Bertz CT molecular complexity index is 10.0. The first kappa shape index (κ1) is 3.98. The molecule has 0 aliphatic heterocycles. The van der Waals surface area contributed by atoms with Gasteiger partial charge in [-0.3, -0.25) is 0 Å². The summed E-state index contributed by atoms with van der Waals surface area (Å²) >= 11 is 0. The fourth-order valence-corrected chi connectivity index (χ4v) is 0. The van der Waals surface area contributed by atoms with Crippen LogP contribution in [-0.2, 0) is 0 Å². The van der Waals surface area contributed by atoms with Gasteiger partial charge in [-0.2, -0.15) is 0 Å². The molecule has 0 radical (unpaired) electrons. The second-order valence-electron chi connectivity index (χ2n) is 0.512. The lowest BCUT2D eigenvalue weighted by Crippen LogP contribution is -2.08. The normalized spacial score (nSPS) is 6.50. The lowest BCUT2D eigenvalue weighted by Gasteiger charge is -1.66. The van der Waals surface area contributed by atoms with Crippen LogP contribution in [0.1, 0.15) is 0 Å². The first-order chi connectivity index (χ1) is 1.91. The zero-order valence-corrected chi connectivity index (χ0v) is 2.44. The van der Waals surface area contributed by atoms with Crippen molar-refractivity contribution in [2.24, 2.45) is 5.64 Å². The van der Waals surface area contributed by atoms with Gasteiger partial charge in [0.25, 0.3) is 0 Å². The van der Waals surface area contributed by atoms with E-state index in [1.165, 1.54) is 0 Å². The van der Waals surface area contributed by atoms with Crippen molar-refractivity contribution in [2.45, 2.75) is 0 Å². The molecule has 3 N–H and O–H groups in total. The molecule has 0 aromatic rings. The van der Waals surface area contributed by atoms with Gasteiger partial charge < -0.3 is 10.8 Å². The highest BCUT2D eigenvalue weighted by Crippen LogP contribution is 1.27. The van der Waals surface area contributed by atoms with E-state index in [-0.39, 0.29) is 6.51 Å². The summed E-state index contributed by atoms with van der Waals surface area (Å²) in [6.07, 6.45) is 0. The Hall–Kier alpha value is -0.0151. The molecule has 0 aliphatic rings. The third-order valence-electron chi connectivity index (χ3n) is 0.129. The minimum Gasteiger partial charge on any atom is -0.403 e.